The Balaban J connectivity index is 1.89. The van der Waals surface area contributed by atoms with Crippen molar-refractivity contribution in [1.29, 1.82) is 0 Å². The second kappa shape index (κ2) is 8.14. The molecule has 0 amide bonds. The molecule has 1 aromatic rings. The van der Waals surface area contributed by atoms with Gasteiger partial charge in [-0.2, -0.15) is 0 Å². The Labute approximate surface area is 137 Å². The number of ether oxygens (including phenoxy) is 2. The maximum absolute atomic E-state index is 6.27. The number of hydrogen-bond donors (Lipinski definition) is 0. The van der Waals surface area contributed by atoms with Gasteiger partial charge in [0.1, 0.15) is 11.5 Å². The van der Waals surface area contributed by atoms with E-state index < -0.39 is 0 Å². The van der Waals surface area contributed by atoms with E-state index in [4.69, 9.17) is 32.7 Å². The highest BCUT2D eigenvalue weighted by Crippen LogP contribution is 2.44. The summed E-state index contributed by atoms with van der Waals surface area (Å²) in [5, 5.41) is 0. The average molecular weight is 331 g/mol. The zero-order valence-electron chi connectivity index (χ0n) is 12.6. The van der Waals surface area contributed by atoms with Crippen LogP contribution in [0.2, 0.25) is 0 Å². The lowest BCUT2D eigenvalue weighted by Gasteiger charge is -2.35. The minimum atomic E-state index is 0.0199. The lowest BCUT2D eigenvalue weighted by atomic mass is 9.75. The van der Waals surface area contributed by atoms with E-state index in [1.807, 2.05) is 24.3 Å². The van der Waals surface area contributed by atoms with Gasteiger partial charge in [-0.3, -0.25) is 0 Å². The summed E-state index contributed by atoms with van der Waals surface area (Å²) < 4.78 is 11.0. The first-order valence-electron chi connectivity index (χ1n) is 7.63. The largest absolute Gasteiger partial charge is 0.497 e. The Bertz CT molecular complexity index is 409. The maximum Gasteiger partial charge on any atom is 0.119 e. The molecule has 2 rings (SSSR count). The van der Waals surface area contributed by atoms with Crippen molar-refractivity contribution in [3.05, 3.63) is 24.3 Å². The van der Waals surface area contributed by atoms with E-state index in [1.165, 1.54) is 25.7 Å². The molecule has 0 N–H and O–H groups in total. The van der Waals surface area contributed by atoms with E-state index in [0.717, 1.165) is 17.9 Å². The highest BCUT2D eigenvalue weighted by atomic mass is 35.5. The van der Waals surface area contributed by atoms with E-state index >= 15 is 0 Å². The van der Waals surface area contributed by atoms with Crippen molar-refractivity contribution in [2.75, 3.05) is 25.5 Å². The number of hydrogen-bond acceptors (Lipinski definition) is 2. The van der Waals surface area contributed by atoms with Gasteiger partial charge in [0.05, 0.1) is 13.7 Å². The fourth-order valence-corrected chi connectivity index (χ4v) is 4.16. The number of alkyl halides is 2. The van der Waals surface area contributed by atoms with Gasteiger partial charge in [-0.1, -0.05) is 12.8 Å². The number of benzene rings is 1. The zero-order chi connectivity index (χ0) is 15.1. The summed E-state index contributed by atoms with van der Waals surface area (Å²) in [6.07, 6.45) is 6.03. The number of rotatable bonds is 8. The lowest BCUT2D eigenvalue weighted by molar-refractivity contribution is 0.163. The molecule has 2 nitrogen and oxygen atoms in total. The zero-order valence-corrected chi connectivity index (χ0v) is 14.1. The van der Waals surface area contributed by atoms with Gasteiger partial charge in [-0.05, 0) is 49.4 Å². The van der Waals surface area contributed by atoms with Gasteiger partial charge in [-0.25, -0.2) is 0 Å². The van der Waals surface area contributed by atoms with Crippen molar-refractivity contribution in [1.82, 2.24) is 0 Å². The minimum absolute atomic E-state index is 0.0199. The van der Waals surface area contributed by atoms with Crippen molar-refractivity contribution in [3.63, 3.8) is 0 Å². The third-order valence-electron chi connectivity index (χ3n) is 4.68. The topological polar surface area (TPSA) is 18.5 Å². The normalized spacial score (nSPS) is 16.1. The first-order valence-corrected chi connectivity index (χ1v) is 8.70. The highest BCUT2D eigenvalue weighted by Gasteiger charge is 2.38. The summed E-state index contributed by atoms with van der Waals surface area (Å²) >= 11 is 12.5. The Kier molecular flexibility index (Phi) is 6.50. The molecular formula is C17H24Cl2O2. The molecule has 0 bridgehead atoms. The quantitative estimate of drug-likeness (QED) is 0.616. The fourth-order valence-electron chi connectivity index (χ4n) is 3.17. The van der Waals surface area contributed by atoms with Gasteiger partial charge in [0, 0.05) is 17.2 Å². The Morgan fingerprint density at radius 2 is 1.62 bits per heavy atom. The number of methoxy groups -OCH3 is 1. The smallest absolute Gasteiger partial charge is 0.119 e. The third kappa shape index (κ3) is 4.20. The monoisotopic (exact) mass is 330 g/mol. The highest BCUT2D eigenvalue weighted by molar-refractivity contribution is 6.21. The fraction of sp³-hybridized carbons (Fsp3) is 0.647. The SMILES string of the molecule is COc1ccc(OCCC(CCl)(CCl)C2CCCC2)cc1. The summed E-state index contributed by atoms with van der Waals surface area (Å²) in [6, 6.07) is 7.67. The van der Waals surface area contributed by atoms with Crippen LogP contribution in [0, 0.1) is 11.3 Å². The summed E-state index contributed by atoms with van der Waals surface area (Å²) in [5.41, 5.74) is 0.0199. The molecular weight excluding hydrogens is 307 g/mol. The molecule has 0 spiro atoms. The van der Waals surface area contributed by atoms with Crippen molar-refractivity contribution in [3.8, 4) is 11.5 Å². The molecule has 0 unspecified atom stereocenters. The van der Waals surface area contributed by atoms with Crippen LogP contribution >= 0.6 is 23.2 Å². The summed E-state index contributed by atoms with van der Waals surface area (Å²) in [7, 11) is 1.66. The molecule has 0 saturated heterocycles. The summed E-state index contributed by atoms with van der Waals surface area (Å²) in [5.74, 6) is 3.58. The Morgan fingerprint density at radius 1 is 1.05 bits per heavy atom. The predicted molar refractivity (Wildman–Crippen MR) is 88.9 cm³/mol. The van der Waals surface area contributed by atoms with E-state index in [2.05, 4.69) is 0 Å². The molecule has 0 radical (unpaired) electrons. The van der Waals surface area contributed by atoms with Crippen LogP contribution in [-0.4, -0.2) is 25.5 Å². The van der Waals surface area contributed by atoms with Gasteiger partial charge in [0.15, 0.2) is 0 Å². The van der Waals surface area contributed by atoms with Crippen LogP contribution in [0.25, 0.3) is 0 Å². The lowest BCUT2D eigenvalue weighted by Crippen LogP contribution is -2.35. The second-order valence-corrected chi connectivity index (χ2v) is 6.42. The molecule has 1 aliphatic rings. The van der Waals surface area contributed by atoms with Crippen LogP contribution in [0.3, 0.4) is 0 Å². The Morgan fingerprint density at radius 3 is 2.14 bits per heavy atom. The summed E-state index contributed by atoms with van der Waals surface area (Å²) in [4.78, 5) is 0. The Hall–Kier alpha value is -0.600. The van der Waals surface area contributed by atoms with Crippen LogP contribution in [0.4, 0.5) is 0 Å². The first kappa shape index (κ1) is 16.8. The van der Waals surface area contributed by atoms with E-state index in [1.54, 1.807) is 7.11 Å². The molecule has 0 aromatic heterocycles. The molecule has 118 valence electrons. The van der Waals surface area contributed by atoms with Crippen molar-refractivity contribution >= 4 is 23.2 Å². The molecule has 1 aliphatic carbocycles. The van der Waals surface area contributed by atoms with Crippen LogP contribution in [0.5, 0.6) is 11.5 Å². The predicted octanol–water partition coefficient (Wildman–Crippen LogP) is 5.12. The van der Waals surface area contributed by atoms with Gasteiger partial charge >= 0.3 is 0 Å². The van der Waals surface area contributed by atoms with Crippen LogP contribution in [0.1, 0.15) is 32.1 Å². The third-order valence-corrected chi connectivity index (χ3v) is 5.75. The van der Waals surface area contributed by atoms with E-state index in [9.17, 15) is 0 Å². The van der Waals surface area contributed by atoms with Crippen LogP contribution in [0.15, 0.2) is 24.3 Å². The van der Waals surface area contributed by atoms with Gasteiger partial charge in [0.2, 0.25) is 0 Å². The molecule has 0 heterocycles. The van der Waals surface area contributed by atoms with Gasteiger partial charge in [0.25, 0.3) is 0 Å². The molecule has 21 heavy (non-hydrogen) atoms. The molecule has 0 aliphatic heterocycles. The first-order chi connectivity index (χ1) is 10.2. The van der Waals surface area contributed by atoms with Crippen LogP contribution in [-0.2, 0) is 0 Å². The minimum Gasteiger partial charge on any atom is -0.497 e. The standard InChI is InChI=1S/C17H24Cl2O2/c1-20-15-6-8-16(9-7-15)21-11-10-17(12-18,13-19)14-4-2-3-5-14/h6-9,14H,2-5,10-13H2,1H3. The average Bonchev–Trinajstić information content (AvgIpc) is 3.07. The van der Waals surface area contributed by atoms with Gasteiger partial charge in [-0.15, -0.1) is 23.2 Å². The molecule has 1 saturated carbocycles. The van der Waals surface area contributed by atoms with Crippen molar-refractivity contribution < 1.29 is 9.47 Å². The molecule has 1 fully saturated rings. The van der Waals surface area contributed by atoms with Gasteiger partial charge < -0.3 is 9.47 Å². The molecule has 0 atom stereocenters. The van der Waals surface area contributed by atoms with E-state index in [-0.39, 0.29) is 5.41 Å². The van der Waals surface area contributed by atoms with E-state index in [0.29, 0.717) is 24.3 Å². The van der Waals surface area contributed by atoms with Crippen molar-refractivity contribution in [2.24, 2.45) is 11.3 Å². The summed E-state index contributed by atoms with van der Waals surface area (Å²) in [6.45, 7) is 0.655. The molecule has 4 heteroatoms. The van der Waals surface area contributed by atoms with Crippen molar-refractivity contribution in [2.45, 2.75) is 32.1 Å². The number of halogens is 2. The van der Waals surface area contributed by atoms with Crippen LogP contribution < -0.4 is 9.47 Å². The molecule has 1 aromatic carbocycles. The second-order valence-electron chi connectivity index (χ2n) is 5.89. The maximum atomic E-state index is 6.27.